The first-order valence-electron chi connectivity index (χ1n) is 8.23. The number of carbonyl (C=O) groups excluding carboxylic acids is 1. The van der Waals surface area contributed by atoms with Crippen LogP contribution in [0.5, 0.6) is 5.75 Å². The number of ether oxygens (including phenoxy) is 1. The Hall–Kier alpha value is -1.59. The van der Waals surface area contributed by atoms with Crippen LogP contribution in [-0.4, -0.2) is 61.2 Å². The van der Waals surface area contributed by atoms with Crippen molar-refractivity contribution in [3.8, 4) is 5.75 Å². The number of benzene rings is 1. The lowest BCUT2D eigenvalue weighted by atomic mass is 9.87. The highest BCUT2D eigenvalue weighted by Crippen LogP contribution is 2.26. The van der Waals surface area contributed by atoms with Crippen LogP contribution < -0.4 is 0 Å². The lowest BCUT2D eigenvalue weighted by molar-refractivity contribution is -0.141. The number of hydrogen-bond acceptors (Lipinski definition) is 5. The van der Waals surface area contributed by atoms with Gasteiger partial charge in [-0.05, 0) is 57.1 Å². The van der Waals surface area contributed by atoms with Crippen molar-refractivity contribution in [2.45, 2.75) is 31.8 Å². The molecule has 0 radical (unpaired) electrons. The first-order chi connectivity index (χ1) is 11.0. The second-order valence-corrected chi connectivity index (χ2v) is 6.60. The number of aromatic hydroxyl groups is 1. The Morgan fingerprint density at radius 1 is 1.43 bits per heavy atom. The maximum absolute atomic E-state index is 11.5. The third kappa shape index (κ3) is 5.22. The largest absolute Gasteiger partial charge is 0.508 e. The fourth-order valence-corrected chi connectivity index (χ4v) is 3.52. The van der Waals surface area contributed by atoms with Crippen LogP contribution in [0.3, 0.4) is 0 Å². The summed E-state index contributed by atoms with van der Waals surface area (Å²) in [5.74, 6) is 0.635. The summed E-state index contributed by atoms with van der Waals surface area (Å²) in [5.41, 5.74) is 1.13. The van der Waals surface area contributed by atoms with Crippen molar-refractivity contribution >= 4 is 5.97 Å². The molecule has 2 rings (SSSR count). The number of hydrogen-bond donors (Lipinski definition) is 1. The van der Waals surface area contributed by atoms with E-state index in [9.17, 15) is 9.90 Å². The molecule has 0 spiro atoms. The third-order valence-electron chi connectivity index (χ3n) is 4.70. The van der Waals surface area contributed by atoms with Gasteiger partial charge in [-0.15, -0.1) is 0 Å². The van der Waals surface area contributed by atoms with Gasteiger partial charge in [0.1, 0.15) is 5.75 Å². The number of rotatable bonds is 6. The average molecular weight is 320 g/mol. The van der Waals surface area contributed by atoms with Gasteiger partial charge in [0, 0.05) is 25.6 Å². The zero-order valence-corrected chi connectivity index (χ0v) is 14.4. The lowest BCUT2D eigenvalue weighted by Crippen LogP contribution is -2.48. The predicted molar refractivity (Wildman–Crippen MR) is 90.2 cm³/mol. The Balaban J connectivity index is 1.97. The summed E-state index contributed by atoms with van der Waals surface area (Å²) in [7, 11) is 5.67. The molecule has 0 aromatic heterocycles. The molecule has 2 atom stereocenters. The summed E-state index contributed by atoms with van der Waals surface area (Å²) >= 11 is 0. The predicted octanol–water partition coefficient (Wildman–Crippen LogP) is 2.10. The third-order valence-corrected chi connectivity index (χ3v) is 4.70. The summed E-state index contributed by atoms with van der Waals surface area (Å²) < 4.78 is 4.78. The quantitative estimate of drug-likeness (QED) is 0.814. The number of esters is 1. The van der Waals surface area contributed by atoms with Crippen molar-refractivity contribution in [1.29, 1.82) is 0 Å². The van der Waals surface area contributed by atoms with Crippen molar-refractivity contribution in [1.82, 2.24) is 9.80 Å². The summed E-state index contributed by atoms with van der Waals surface area (Å²) in [6.45, 7) is 2.84. The van der Waals surface area contributed by atoms with Gasteiger partial charge in [-0.2, -0.15) is 0 Å². The first-order valence-corrected chi connectivity index (χ1v) is 8.23. The molecular formula is C18H28N2O3. The van der Waals surface area contributed by atoms with Crippen molar-refractivity contribution in [2.24, 2.45) is 5.92 Å². The average Bonchev–Trinajstić information content (AvgIpc) is 2.52. The molecule has 1 N–H and O–H groups in total. The maximum atomic E-state index is 11.5. The van der Waals surface area contributed by atoms with Gasteiger partial charge in [-0.25, -0.2) is 0 Å². The van der Waals surface area contributed by atoms with Crippen LogP contribution in [0.15, 0.2) is 24.3 Å². The van der Waals surface area contributed by atoms with Crippen molar-refractivity contribution < 1.29 is 14.6 Å². The molecule has 0 unspecified atom stereocenters. The van der Waals surface area contributed by atoms with E-state index in [2.05, 4.69) is 23.9 Å². The topological polar surface area (TPSA) is 53.0 Å². The molecular weight excluding hydrogens is 292 g/mol. The zero-order chi connectivity index (χ0) is 16.8. The second kappa shape index (κ2) is 8.31. The van der Waals surface area contributed by atoms with E-state index in [4.69, 9.17) is 4.74 Å². The number of nitrogens with zero attached hydrogens (tertiary/aromatic N) is 2. The van der Waals surface area contributed by atoms with E-state index in [0.29, 0.717) is 24.1 Å². The van der Waals surface area contributed by atoms with Gasteiger partial charge in [-0.3, -0.25) is 9.69 Å². The molecule has 0 aliphatic carbocycles. The Morgan fingerprint density at radius 3 is 2.87 bits per heavy atom. The minimum Gasteiger partial charge on any atom is -0.508 e. The number of piperidine rings is 1. The van der Waals surface area contributed by atoms with E-state index < -0.39 is 0 Å². The summed E-state index contributed by atoms with van der Waals surface area (Å²) in [6, 6.07) is 7.94. The van der Waals surface area contributed by atoms with Gasteiger partial charge >= 0.3 is 5.97 Å². The molecule has 23 heavy (non-hydrogen) atoms. The summed E-state index contributed by atoms with van der Waals surface area (Å²) in [5, 5.41) is 9.61. The minimum atomic E-state index is -0.132. The van der Waals surface area contributed by atoms with Gasteiger partial charge < -0.3 is 14.7 Å². The van der Waals surface area contributed by atoms with Gasteiger partial charge in [0.15, 0.2) is 0 Å². The fourth-order valence-electron chi connectivity index (χ4n) is 3.52. The minimum absolute atomic E-state index is 0.132. The molecule has 1 heterocycles. The van der Waals surface area contributed by atoms with E-state index in [1.807, 2.05) is 18.2 Å². The number of phenols is 1. The van der Waals surface area contributed by atoms with Gasteiger partial charge in [0.05, 0.1) is 7.11 Å². The molecule has 1 saturated heterocycles. The molecule has 1 fully saturated rings. The highest BCUT2D eigenvalue weighted by atomic mass is 16.5. The highest BCUT2D eigenvalue weighted by molar-refractivity contribution is 5.69. The molecule has 0 saturated carbocycles. The molecule has 5 nitrogen and oxygen atoms in total. The smallest absolute Gasteiger partial charge is 0.305 e. The van der Waals surface area contributed by atoms with Gasteiger partial charge in [0.2, 0.25) is 0 Å². The molecule has 1 aromatic rings. The Bertz CT molecular complexity index is 519. The van der Waals surface area contributed by atoms with Crippen LogP contribution in [0.4, 0.5) is 0 Å². The number of phenolic OH excluding ortho intramolecular Hbond substituents is 1. The molecule has 0 amide bonds. The number of carbonyl (C=O) groups is 1. The Labute approximate surface area is 138 Å². The van der Waals surface area contributed by atoms with Crippen LogP contribution in [0.2, 0.25) is 0 Å². The normalized spacial score (nSPS) is 22.3. The van der Waals surface area contributed by atoms with Gasteiger partial charge in [0.25, 0.3) is 0 Å². The van der Waals surface area contributed by atoms with Crippen LogP contribution in [-0.2, 0) is 16.1 Å². The van der Waals surface area contributed by atoms with E-state index in [1.165, 1.54) is 7.11 Å². The molecule has 1 aliphatic rings. The SMILES string of the molecule is COC(=O)CC[C@H]1CN(Cc2cccc(O)c2)CC[C@H]1N(C)C. The lowest BCUT2D eigenvalue weighted by Gasteiger charge is -2.41. The Morgan fingerprint density at radius 2 is 2.22 bits per heavy atom. The molecule has 1 aliphatic heterocycles. The fraction of sp³-hybridized carbons (Fsp3) is 0.611. The van der Waals surface area contributed by atoms with E-state index in [1.54, 1.807) is 6.07 Å². The molecule has 5 heteroatoms. The van der Waals surface area contributed by atoms with E-state index in [0.717, 1.165) is 38.0 Å². The van der Waals surface area contributed by atoms with Crippen LogP contribution in [0, 0.1) is 5.92 Å². The van der Waals surface area contributed by atoms with Crippen LogP contribution >= 0.6 is 0 Å². The monoisotopic (exact) mass is 320 g/mol. The standard InChI is InChI=1S/C18H28N2O3/c1-19(2)17-9-10-20(12-14-5-4-6-16(21)11-14)13-15(17)7-8-18(22)23-3/h4-6,11,15,17,21H,7-10,12-13H2,1-3H3/t15-,17+/m0/s1. The second-order valence-electron chi connectivity index (χ2n) is 6.60. The van der Waals surface area contributed by atoms with Crippen LogP contribution in [0.25, 0.3) is 0 Å². The highest BCUT2D eigenvalue weighted by Gasteiger charge is 2.30. The van der Waals surface area contributed by atoms with Crippen molar-refractivity contribution in [3.63, 3.8) is 0 Å². The summed E-state index contributed by atoms with van der Waals surface area (Å²) in [4.78, 5) is 16.1. The van der Waals surface area contributed by atoms with Crippen molar-refractivity contribution in [3.05, 3.63) is 29.8 Å². The van der Waals surface area contributed by atoms with Gasteiger partial charge in [-0.1, -0.05) is 12.1 Å². The van der Waals surface area contributed by atoms with E-state index >= 15 is 0 Å². The maximum Gasteiger partial charge on any atom is 0.305 e. The zero-order valence-electron chi connectivity index (χ0n) is 14.4. The summed E-state index contributed by atoms with van der Waals surface area (Å²) in [6.07, 6.45) is 2.43. The number of likely N-dealkylation sites (tertiary alicyclic amines) is 1. The molecule has 0 bridgehead atoms. The van der Waals surface area contributed by atoms with E-state index in [-0.39, 0.29) is 5.97 Å². The Kier molecular flexibility index (Phi) is 6.42. The first kappa shape index (κ1) is 17.8. The molecule has 1 aromatic carbocycles. The molecule has 128 valence electrons. The van der Waals surface area contributed by atoms with Crippen molar-refractivity contribution in [2.75, 3.05) is 34.3 Å². The number of methoxy groups -OCH3 is 1. The van der Waals surface area contributed by atoms with Crippen LogP contribution in [0.1, 0.15) is 24.8 Å².